The summed E-state index contributed by atoms with van der Waals surface area (Å²) in [7, 11) is -3.66. The second kappa shape index (κ2) is 9.80. The smallest absolute Gasteiger partial charge is 0.368 e. The van der Waals surface area contributed by atoms with Gasteiger partial charge in [0.15, 0.2) is 11.9 Å². The number of oxime groups is 1. The summed E-state index contributed by atoms with van der Waals surface area (Å²) in [6.07, 6.45) is 0. The number of aliphatic hydroxyl groups is 1. The molecule has 0 spiro atoms. The molecule has 0 aliphatic carbocycles. The van der Waals surface area contributed by atoms with Crippen molar-refractivity contribution in [2.45, 2.75) is 34.6 Å². The highest BCUT2D eigenvalue weighted by atomic mass is 31.2. The molecular formula is C12H24NO6P. The molecule has 0 unspecified atom stereocenters. The van der Waals surface area contributed by atoms with Crippen molar-refractivity contribution in [1.29, 1.82) is 0 Å². The monoisotopic (exact) mass is 309 g/mol. The minimum atomic E-state index is -3.66. The largest absolute Gasteiger partial charge is 0.480 e. The van der Waals surface area contributed by atoms with E-state index in [0.29, 0.717) is 5.71 Å². The lowest BCUT2D eigenvalue weighted by Crippen LogP contribution is -2.08. The van der Waals surface area contributed by atoms with Gasteiger partial charge in [0.05, 0.1) is 25.5 Å². The van der Waals surface area contributed by atoms with Gasteiger partial charge in [0.25, 0.3) is 5.95 Å². The van der Waals surface area contributed by atoms with E-state index in [-0.39, 0.29) is 31.7 Å². The number of hydrogen-bond acceptors (Lipinski definition) is 7. The third kappa shape index (κ3) is 6.41. The molecule has 0 aromatic heterocycles. The first-order valence-corrected chi connectivity index (χ1v) is 8.03. The lowest BCUT2D eigenvalue weighted by Gasteiger charge is -2.20. The van der Waals surface area contributed by atoms with Crippen molar-refractivity contribution < 1.29 is 28.3 Å². The fourth-order valence-corrected chi connectivity index (χ4v) is 2.81. The van der Waals surface area contributed by atoms with Gasteiger partial charge in [-0.15, -0.1) is 0 Å². The van der Waals surface area contributed by atoms with E-state index in [4.69, 9.17) is 18.6 Å². The third-order valence-corrected chi connectivity index (χ3v) is 4.08. The Balaban J connectivity index is 5.31. The molecule has 118 valence electrons. The summed E-state index contributed by atoms with van der Waals surface area (Å²) < 4.78 is 27.9. The summed E-state index contributed by atoms with van der Waals surface area (Å²) in [6.45, 7) is 8.83. The van der Waals surface area contributed by atoms with Gasteiger partial charge in [-0.1, -0.05) is 5.16 Å². The van der Waals surface area contributed by atoms with Crippen molar-refractivity contribution in [3.63, 3.8) is 0 Å². The first-order chi connectivity index (χ1) is 9.41. The molecule has 0 fully saturated rings. The van der Waals surface area contributed by atoms with Crippen LogP contribution in [0.15, 0.2) is 16.4 Å². The van der Waals surface area contributed by atoms with E-state index in [1.54, 1.807) is 34.6 Å². The number of nitrogens with zero attached hydrogens (tertiary/aromatic N) is 1. The van der Waals surface area contributed by atoms with E-state index in [9.17, 15) is 9.67 Å². The van der Waals surface area contributed by atoms with Gasteiger partial charge in [0.2, 0.25) is 0 Å². The van der Waals surface area contributed by atoms with Crippen LogP contribution in [0, 0.1) is 0 Å². The summed E-state index contributed by atoms with van der Waals surface area (Å²) in [6, 6.07) is 0. The molecule has 0 aliphatic heterocycles. The molecule has 0 amide bonds. The minimum Gasteiger partial charge on any atom is -0.480 e. The zero-order chi connectivity index (χ0) is 15.6. The molecule has 0 aromatic rings. The molecule has 0 bridgehead atoms. The Morgan fingerprint density at radius 1 is 1.10 bits per heavy atom. The van der Waals surface area contributed by atoms with Crippen molar-refractivity contribution in [2.24, 2.45) is 5.16 Å². The lowest BCUT2D eigenvalue weighted by atomic mass is 10.5. The molecule has 20 heavy (non-hydrogen) atoms. The topological polar surface area (TPSA) is 86.6 Å². The van der Waals surface area contributed by atoms with Crippen LogP contribution in [0.1, 0.15) is 34.6 Å². The van der Waals surface area contributed by atoms with Gasteiger partial charge in [-0.25, -0.2) is 0 Å². The third-order valence-electron chi connectivity index (χ3n) is 1.91. The quantitative estimate of drug-likeness (QED) is 0.288. The molecule has 7 nitrogen and oxygen atoms in total. The normalized spacial score (nSPS) is 12.7. The van der Waals surface area contributed by atoms with Crippen LogP contribution in [0.25, 0.3) is 0 Å². The lowest BCUT2D eigenvalue weighted by molar-refractivity contribution is 0.0869. The maximum absolute atomic E-state index is 12.6. The minimum absolute atomic E-state index is 0.0759. The fraction of sp³-hybridized carbons (Fsp3) is 0.750. The Bertz CT molecular complexity index is 379. The Hall–Kier alpha value is -1.04. The van der Waals surface area contributed by atoms with Crippen molar-refractivity contribution in [1.82, 2.24) is 0 Å². The van der Waals surface area contributed by atoms with E-state index in [1.165, 1.54) is 0 Å². The van der Waals surface area contributed by atoms with Crippen LogP contribution in [0.5, 0.6) is 0 Å². The zero-order valence-corrected chi connectivity index (χ0v) is 13.6. The van der Waals surface area contributed by atoms with Gasteiger partial charge in [0, 0.05) is 0 Å². The predicted octanol–water partition coefficient (Wildman–Crippen LogP) is 3.43. The average molecular weight is 309 g/mol. The molecule has 1 N–H and O–H groups in total. The molecule has 8 heteroatoms. The summed E-state index contributed by atoms with van der Waals surface area (Å²) >= 11 is 0. The Kier molecular flexibility index (Phi) is 9.29. The number of rotatable bonds is 10. The van der Waals surface area contributed by atoms with E-state index >= 15 is 0 Å². The molecule has 0 heterocycles. The maximum atomic E-state index is 12.6. The first kappa shape index (κ1) is 19.0. The Morgan fingerprint density at radius 3 is 2.05 bits per heavy atom. The average Bonchev–Trinajstić information content (AvgIpc) is 2.34. The summed E-state index contributed by atoms with van der Waals surface area (Å²) in [5.41, 5.74) is 0.683. The van der Waals surface area contributed by atoms with Gasteiger partial charge >= 0.3 is 7.60 Å². The second-order valence-electron chi connectivity index (χ2n) is 3.83. The molecule has 0 saturated carbocycles. The summed E-state index contributed by atoms with van der Waals surface area (Å²) in [5.74, 6) is -0.512. The van der Waals surface area contributed by atoms with E-state index in [0.717, 1.165) is 0 Å². The number of aliphatic hydroxyl groups excluding tert-OH is 1. The fourth-order valence-electron chi connectivity index (χ4n) is 1.23. The van der Waals surface area contributed by atoms with Gasteiger partial charge in [-0.05, 0) is 34.6 Å². The van der Waals surface area contributed by atoms with Crippen molar-refractivity contribution in [3.05, 3.63) is 11.3 Å². The van der Waals surface area contributed by atoms with Gasteiger partial charge in [0.1, 0.15) is 0 Å². The van der Waals surface area contributed by atoms with Crippen molar-refractivity contribution in [3.8, 4) is 0 Å². The van der Waals surface area contributed by atoms with Crippen LogP contribution in [-0.2, 0) is 23.2 Å². The number of ether oxygens (including phenoxy) is 1. The molecule has 0 aromatic carbocycles. The van der Waals surface area contributed by atoms with Gasteiger partial charge in [-0.2, -0.15) is 0 Å². The van der Waals surface area contributed by atoms with Crippen LogP contribution < -0.4 is 0 Å². The predicted molar refractivity (Wildman–Crippen MR) is 76.9 cm³/mol. The SMILES string of the molecule is CCO/C(O)=C(/CON=C(C)C)P(=O)(OCC)OCC. The van der Waals surface area contributed by atoms with E-state index in [2.05, 4.69) is 5.16 Å². The Morgan fingerprint density at radius 2 is 1.65 bits per heavy atom. The molecule has 0 aliphatic rings. The molecule has 0 rings (SSSR count). The van der Waals surface area contributed by atoms with E-state index < -0.39 is 13.5 Å². The first-order valence-electron chi connectivity index (χ1n) is 6.48. The number of hydrogen-bond donors (Lipinski definition) is 1. The molecule has 0 saturated heterocycles. The highest BCUT2D eigenvalue weighted by Crippen LogP contribution is 2.57. The summed E-state index contributed by atoms with van der Waals surface area (Å²) in [4.78, 5) is 5.02. The molecule has 0 radical (unpaired) electrons. The molecule has 0 atom stereocenters. The van der Waals surface area contributed by atoms with Crippen molar-refractivity contribution >= 4 is 13.3 Å². The summed E-state index contributed by atoms with van der Waals surface area (Å²) in [5, 5.41) is 13.5. The van der Waals surface area contributed by atoms with E-state index in [1.807, 2.05) is 0 Å². The van der Waals surface area contributed by atoms with Gasteiger partial charge < -0.3 is 23.7 Å². The van der Waals surface area contributed by atoms with Crippen LogP contribution in [-0.4, -0.2) is 37.2 Å². The maximum Gasteiger partial charge on any atom is 0.368 e. The van der Waals surface area contributed by atoms with Gasteiger partial charge in [-0.3, -0.25) is 4.57 Å². The highest BCUT2D eigenvalue weighted by Gasteiger charge is 2.35. The van der Waals surface area contributed by atoms with Crippen LogP contribution in [0.4, 0.5) is 0 Å². The van der Waals surface area contributed by atoms with Crippen LogP contribution >= 0.6 is 7.60 Å². The second-order valence-corrected chi connectivity index (χ2v) is 5.88. The zero-order valence-electron chi connectivity index (χ0n) is 12.7. The Labute approximate surface area is 120 Å². The van der Waals surface area contributed by atoms with Crippen molar-refractivity contribution in [2.75, 3.05) is 26.4 Å². The standard InChI is InChI=1S/C12H24NO6P/c1-6-16-12(14)11(9-17-13-10(4)5)20(15,18-7-2)19-8-3/h14H,6-9H2,1-5H3/b12-11-. The van der Waals surface area contributed by atoms with Crippen LogP contribution in [0.3, 0.4) is 0 Å². The van der Waals surface area contributed by atoms with Crippen LogP contribution in [0.2, 0.25) is 0 Å². The molecular weight excluding hydrogens is 285 g/mol. The highest BCUT2D eigenvalue weighted by molar-refractivity contribution is 7.58.